The number of H-pyrrole nitrogens is 1. The molecule has 1 heterocycles. The van der Waals surface area contributed by atoms with Crippen molar-refractivity contribution in [2.24, 2.45) is 5.73 Å². The molecule has 4 rings (SSSR count). The molecule has 14 heteroatoms. The maximum absolute atomic E-state index is 15.8. The van der Waals surface area contributed by atoms with Gasteiger partial charge in [0.1, 0.15) is 17.3 Å². The number of aromatic amines is 1. The van der Waals surface area contributed by atoms with Crippen LogP contribution in [-0.4, -0.2) is 59.0 Å². The molecule has 13 nitrogen and oxygen atoms in total. The lowest BCUT2D eigenvalue weighted by molar-refractivity contribution is -0.134. The van der Waals surface area contributed by atoms with Gasteiger partial charge in [-0.1, -0.05) is 12.1 Å². The van der Waals surface area contributed by atoms with E-state index in [1.807, 2.05) is 0 Å². The highest BCUT2D eigenvalue weighted by atomic mass is 19.1. The number of hydrogen-bond donors (Lipinski definition) is 5. The summed E-state index contributed by atoms with van der Waals surface area (Å²) in [6.45, 7) is 1.08. The van der Waals surface area contributed by atoms with E-state index in [0.717, 1.165) is 11.6 Å². The molecule has 0 aliphatic rings. The fourth-order valence-corrected chi connectivity index (χ4v) is 3.87. The lowest BCUT2D eigenvalue weighted by atomic mass is 10.1. The van der Waals surface area contributed by atoms with Gasteiger partial charge in [-0.15, -0.1) is 5.10 Å². The van der Waals surface area contributed by atoms with Gasteiger partial charge in [0.25, 0.3) is 5.97 Å². The Morgan fingerprint density at radius 1 is 1.12 bits per heavy atom. The molecule has 0 aliphatic carbocycles. The molecule has 0 aliphatic heterocycles. The topological polar surface area (TPSA) is 195 Å². The first-order valence-electron chi connectivity index (χ1n) is 12.2. The molecule has 6 N–H and O–H groups in total. The number of halogens is 1. The zero-order chi connectivity index (χ0) is 31.0. The number of esters is 1. The van der Waals surface area contributed by atoms with E-state index in [2.05, 4.69) is 15.4 Å². The highest BCUT2D eigenvalue weighted by Crippen LogP contribution is 2.41. The lowest BCUT2D eigenvalue weighted by Crippen LogP contribution is -2.19. The van der Waals surface area contributed by atoms with Crippen molar-refractivity contribution in [3.8, 4) is 17.2 Å². The minimum Gasteiger partial charge on any atom is -0.493 e. The number of aliphatic carboxylic acids is 1. The number of carboxylic acids is 1. The number of para-hydroxylation sites is 1. The summed E-state index contributed by atoms with van der Waals surface area (Å²) in [5.41, 5.74) is 6.47. The Hall–Kier alpha value is -5.66. The summed E-state index contributed by atoms with van der Waals surface area (Å²) in [5.74, 6) is -1.66. The van der Waals surface area contributed by atoms with E-state index in [-0.39, 0.29) is 52.1 Å². The number of nitrogens with one attached hydrogen (secondary N) is 3. The molecule has 0 amide bonds. The Balaban J connectivity index is 0.00000114. The van der Waals surface area contributed by atoms with E-state index in [4.69, 9.17) is 35.3 Å². The number of aromatic nitrogens is 3. The van der Waals surface area contributed by atoms with E-state index in [1.165, 1.54) is 33.5 Å². The summed E-state index contributed by atoms with van der Waals surface area (Å²) in [4.78, 5) is 36.5. The monoisotopic (exact) mass is 580 g/mol. The van der Waals surface area contributed by atoms with Crippen LogP contribution < -0.4 is 26.2 Å². The van der Waals surface area contributed by atoms with Crippen LogP contribution in [0, 0.1) is 11.2 Å². The molecule has 0 fully saturated rings. The van der Waals surface area contributed by atoms with Crippen LogP contribution in [0.2, 0.25) is 0 Å². The van der Waals surface area contributed by atoms with Gasteiger partial charge in [-0.05, 0) is 42.5 Å². The molecular weight excluding hydrogens is 551 g/mol. The minimum absolute atomic E-state index is 0.00948. The van der Waals surface area contributed by atoms with Crippen LogP contribution in [0.15, 0.2) is 59.4 Å². The number of benzene rings is 3. The predicted octanol–water partition coefficient (Wildman–Crippen LogP) is 3.21. The van der Waals surface area contributed by atoms with Crippen LogP contribution in [0.4, 0.5) is 15.8 Å². The molecule has 0 radical (unpaired) electrons. The highest BCUT2D eigenvalue weighted by Gasteiger charge is 2.22. The van der Waals surface area contributed by atoms with E-state index in [9.17, 15) is 9.59 Å². The summed E-state index contributed by atoms with van der Waals surface area (Å²) >= 11 is 0. The number of amidine groups is 1. The molecule has 0 bridgehead atoms. The number of methoxy groups -OCH3 is 3. The second kappa shape index (κ2) is 13.6. The van der Waals surface area contributed by atoms with Crippen molar-refractivity contribution >= 4 is 29.1 Å². The Kier molecular flexibility index (Phi) is 10.0. The average molecular weight is 581 g/mol. The van der Waals surface area contributed by atoms with Crippen molar-refractivity contribution in [2.75, 3.05) is 26.6 Å². The quantitative estimate of drug-likeness (QED) is 0.111. The minimum atomic E-state index is -0.833. The van der Waals surface area contributed by atoms with E-state index >= 15 is 4.39 Å². The maximum atomic E-state index is 15.8. The molecule has 0 spiro atoms. The number of ether oxygens (including phenoxy) is 3. The number of nitrogens with zero attached hydrogens (tertiary/aromatic N) is 2. The zero-order valence-corrected chi connectivity index (χ0v) is 23.1. The van der Waals surface area contributed by atoms with Crippen LogP contribution in [0.25, 0.3) is 5.69 Å². The van der Waals surface area contributed by atoms with Gasteiger partial charge < -0.3 is 30.4 Å². The maximum Gasteiger partial charge on any atom is 0.348 e. The first-order chi connectivity index (χ1) is 20.0. The summed E-state index contributed by atoms with van der Waals surface area (Å²) in [7, 11) is 4.05. The van der Waals surface area contributed by atoms with Gasteiger partial charge in [-0.25, -0.2) is 14.0 Å². The number of nitrogens with two attached hydrogens (primary N) is 1. The second-order valence-electron chi connectivity index (χ2n) is 8.57. The van der Waals surface area contributed by atoms with E-state index in [1.54, 1.807) is 42.5 Å². The van der Waals surface area contributed by atoms with E-state index < -0.39 is 23.4 Å². The predicted molar refractivity (Wildman–Crippen MR) is 152 cm³/mol. The van der Waals surface area contributed by atoms with Crippen LogP contribution in [-0.2, 0) is 16.0 Å². The fourth-order valence-electron chi connectivity index (χ4n) is 3.87. The highest BCUT2D eigenvalue weighted by molar-refractivity contribution is 5.95. The zero-order valence-electron chi connectivity index (χ0n) is 23.1. The van der Waals surface area contributed by atoms with Crippen LogP contribution >= 0.6 is 0 Å². The van der Waals surface area contributed by atoms with Crippen molar-refractivity contribution in [1.82, 2.24) is 14.8 Å². The number of hydrogen-bond acceptors (Lipinski definition) is 9. The van der Waals surface area contributed by atoms with Gasteiger partial charge >= 0.3 is 11.7 Å². The van der Waals surface area contributed by atoms with Gasteiger partial charge in [0, 0.05) is 30.2 Å². The van der Waals surface area contributed by atoms with Crippen LogP contribution in [0.1, 0.15) is 34.2 Å². The van der Waals surface area contributed by atoms with Crippen LogP contribution in [0.3, 0.4) is 0 Å². The Bertz CT molecular complexity index is 1660. The largest absolute Gasteiger partial charge is 0.493 e. The smallest absolute Gasteiger partial charge is 0.348 e. The van der Waals surface area contributed by atoms with Crippen molar-refractivity contribution in [2.45, 2.75) is 13.3 Å². The normalized spacial score (nSPS) is 10.2. The van der Waals surface area contributed by atoms with Crippen molar-refractivity contribution in [3.63, 3.8) is 0 Å². The molecule has 3 aromatic carbocycles. The Morgan fingerprint density at radius 3 is 2.33 bits per heavy atom. The van der Waals surface area contributed by atoms with E-state index in [0.29, 0.717) is 11.3 Å². The molecule has 0 saturated heterocycles. The Labute approximate surface area is 239 Å². The molecular formula is C28H29FN6O7. The number of anilines is 2. The van der Waals surface area contributed by atoms with Crippen molar-refractivity contribution in [1.29, 1.82) is 5.41 Å². The number of rotatable bonds is 9. The first-order valence-corrected chi connectivity index (χ1v) is 12.2. The van der Waals surface area contributed by atoms with Gasteiger partial charge in [-0.3, -0.25) is 15.2 Å². The van der Waals surface area contributed by atoms with Gasteiger partial charge in [-0.2, -0.15) is 4.68 Å². The molecule has 1 aromatic heterocycles. The molecule has 4 aromatic rings. The lowest BCUT2D eigenvalue weighted by Gasteiger charge is -2.18. The third kappa shape index (κ3) is 7.10. The summed E-state index contributed by atoms with van der Waals surface area (Å²) < 4.78 is 32.5. The van der Waals surface area contributed by atoms with Crippen LogP contribution in [0.5, 0.6) is 11.5 Å². The standard InChI is InChI=1S/C26H25FN6O5.C2H4O2/c1-36-19-12-15(21(27)22(23(19)37-2)30-16-10-8-14(9-11-16)24(28)29)13-20-31-26(35)33(32-20)18-7-5-4-6-17(18)25(34)38-3;1-2(3)4/h4-12,30H,13H2,1-3H3,(H3,28,29)(H,31,32,35);1H3,(H,3,4). The molecule has 0 saturated carbocycles. The summed E-state index contributed by atoms with van der Waals surface area (Å²) in [6, 6.07) is 14.3. The summed E-state index contributed by atoms with van der Waals surface area (Å²) in [6.07, 6.45) is -0.104. The third-order valence-electron chi connectivity index (χ3n) is 5.71. The van der Waals surface area contributed by atoms with Gasteiger partial charge in [0.2, 0.25) is 0 Å². The fraction of sp³-hybridized carbons (Fsp3) is 0.179. The van der Waals surface area contributed by atoms with Crippen molar-refractivity contribution in [3.05, 3.63) is 93.4 Å². The summed E-state index contributed by atoms with van der Waals surface area (Å²) in [5, 5.41) is 22.2. The molecule has 220 valence electrons. The number of carboxylic acid groups (broad SMARTS) is 1. The second-order valence-corrected chi connectivity index (χ2v) is 8.57. The third-order valence-corrected chi connectivity index (χ3v) is 5.71. The number of nitrogen functional groups attached to an aromatic ring is 1. The molecule has 0 unspecified atom stereocenters. The SMILES string of the molecule is CC(=O)O.COC(=O)c1ccccc1-n1nc(Cc2cc(OC)c(OC)c(Nc3ccc(C(=N)N)cc3)c2F)[nH]c1=O. The van der Waals surface area contributed by atoms with Gasteiger partial charge in [0.05, 0.1) is 32.6 Å². The Morgan fingerprint density at radius 2 is 1.76 bits per heavy atom. The first kappa shape index (κ1) is 30.9. The van der Waals surface area contributed by atoms with Crippen molar-refractivity contribution < 1.29 is 33.3 Å². The number of carbonyl (C=O) groups is 2. The molecule has 0 atom stereocenters. The van der Waals surface area contributed by atoms with Gasteiger partial charge in [0.15, 0.2) is 17.3 Å². The average Bonchev–Trinajstić information content (AvgIpc) is 3.33. The number of carbonyl (C=O) groups excluding carboxylic acids is 1. The molecule has 42 heavy (non-hydrogen) atoms.